The third-order valence-corrected chi connectivity index (χ3v) is 6.55. The van der Waals surface area contributed by atoms with Crippen LogP contribution < -0.4 is 4.74 Å². The molecule has 2 heterocycles. The Bertz CT molecular complexity index is 673. The molecule has 1 spiro atoms. The number of rotatable bonds is 0. The first kappa shape index (κ1) is 12.4. The monoisotopic (exact) mass is 303 g/mol. The lowest BCUT2D eigenvalue weighted by atomic mass is 9.53. The van der Waals surface area contributed by atoms with Crippen LogP contribution in [0.1, 0.15) is 17.5 Å². The van der Waals surface area contributed by atoms with E-state index in [0.29, 0.717) is 17.7 Å². The molecule has 2 aliphatic heterocycles. The molecule has 1 N–H and O–H groups in total. The van der Waals surface area contributed by atoms with E-state index in [1.54, 1.807) is 6.07 Å². The SMILES string of the molecule is CN1CC[C@]23c4c5ccc(O)c4OC2C=CC(Cl)[C@H]3[C@H]1C5. The molecule has 110 valence electrons. The van der Waals surface area contributed by atoms with Gasteiger partial charge in [-0.2, -0.15) is 0 Å². The molecule has 3 nitrogen and oxygen atoms in total. The fraction of sp³-hybridized carbons (Fsp3) is 0.529. The van der Waals surface area contributed by atoms with Gasteiger partial charge in [0, 0.05) is 22.9 Å². The third kappa shape index (κ3) is 1.27. The summed E-state index contributed by atoms with van der Waals surface area (Å²) in [7, 11) is 2.20. The van der Waals surface area contributed by atoms with Crippen LogP contribution >= 0.6 is 11.6 Å². The predicted octanol–water partition coefficient (Wildman–Crippen LogP) is 2.44. The standard InChI is InChI=1S/C17H18ClNO2/c1-19-7-6-17-13-5-3-10(18)15(17)11(19)8-9-2-4-12(20)16(21-13)14(9)17/h2-5,10-11,13,15,20H,6-8H2,1H3/t10?,11-,13?,15+,17-/m1/s1. The first-order valence-corrected chi connectivity index (χ1v) is 8.11. The highest BCUT2D eigenvalue weighted by Crippen LogP contribution is 2.62. The molecule has 5 atom stereocenters. The number of halogens is 1. The van der Waals surface area contributed by atoms with E-state index >= 15 is 0 Å². The van der Waals surface area contributed by atoms with E-state index in [2.05, 4.69) is 30.2 Å². The van der Waals surface area contributed by atoms with Gasteiger partial charge in [-0.3, -0.25) is 0 Å². The topological polar surface area (TPSA) is 32.7 Å². The molecule has 21 heavy (non-hydrogen) atoms. The van der Waals surface area contributed by atoms with Gasteiger partial charge in [0.15, 0.2) is 11.5 Å². The second-order valence-corrected chi connectivity index (χ2v) is 7.39. The largest absolute Gasteiger partial charge is 0.504 e. The molecule has 0 aromatic heterocycles. The third-order valence-electron chi connectivity index (χ3n) is 6.14. The number of phenols is 1. The van der Waals surface area contributed by atoms with Gasteiger partial charge >= 0.3 is 0 Å². The number of aromatic hydroxyl groups is 1. The second kappa shape index (κ2) is 3.76. The second-order valence-electron chi connectivity index (χ2n) is 6.88. The maximum absolute atomic E-state index is 10.2. The fourth-order valence-corrected chi connectivity index (χ4v) is 5.74. The highest BCUT2D eigenvalue weighted by molar-refractivity contribution is 6.22. The van der Waals surface area contributed by atoms with Crippen LogP contribution in [0.5, 0.6) is 11.5 Å². The normalized spacial score (nSPS) is 42.6. The van der Waals surface area contributed by atoms with Crippen molar-refractivity contribution in [2.24, 2.45) is 5.92 Å². The zero-order valence-corrected chi connectivity index (χ0v) is 12.7. The number of likely N-dealkylation sites (N-methyl/N-ethyl adjacent to an activating group) is 1. The van der Waals surface area contributed by atoms with Crippen LogP contribution in [0.15, 0.2) is 24.3 Å². The van der Waals surface area contributed by atoms with Gasteiger partial charge in [-0.1, -0.05) is 12.1 Å². The molecule has 2 unspecified atom stereocenters. The molecule has 2 aliphatic carbocycles. The summed E-state index contributed by atoms with van der Waals surface area (Å²) < 4.78 is 6.18. The summed E-state index contributed by atoms with van der Waals surface area (Å²) >= 11 is 6.72. The van der Waals surface area contributed by atoms with Crippen LogP contribution in [0, 0.1) is 5.92 Å². The number of piperidine rings is 1. The first-order valence-electron chi connectivity index (χ1n) is 7.67. The van der Waals surface area contributed by atoms with Crippen LogP contribution in [0.25, 0.3) is 0 Å². The number of likely N-dealkylation sites (tertiary alicyclic amines) is 1. The predicted molar refractivity (Wildman–Crippen MR) is 81.2 cm³/mol. The number of allylic oxidation sites excluding steroid dienone is 1. The van der Waals surface area contributed by atoms with E-state index in [4.69, 9.17) is 16.3 Å². The van der Waals surface area contributed by atoms with Crippen molar-refractivity contribution < 1.29 is 9.84 Å². The summed E-state index contributed by atoms with van der Waals surface area (Å²) in [4.78, 5) is 2.45. The number of nitrogens with zero attached hydrogens (tertiary/aromatic N) is 1. The molecule has 2 bridgehead atoms. The molecule has 1 aromatic carbocycles. The zero-order chi connectivity index (χ0) is 14.4. The molecule has 1 saturated heterocycles. The van der Waals surface area contributed by atoms with Crippen molar-refractivity contribution in [1.29, 1.82) is 0 Å². The van der Waals surface area contributed by atoms with Crippen molar-refractivity contribution in [3.05, 3.63) is 35.4 Å². The van der Waals surface area contributed by atoms with Gasteiger partial charge in [0.1, 0.15) is 6.10 Å². The Morgan fingerprint density at radius 1 is 1.38 bits per heavy atom. The maximum Gasteiger partial charge on any atom is 0.166 e. The summed E-state index contributed by atoms with van der Waals surface area (Å²) in [5.74, 6) is 1.34. The summed E-state index contributed by atoms with van der Waals surface area (Å²) in [6, 6.07) is 4.31. The first-order chi connectivity index (χ1) is 10.1. The van der Waals surface area contributed by atoms with Gasteiger partial charge in [0.05, 0.1) is 5.38 Å². The molecule has 4 aliphatic rings. The summed E-state index contributed by atoms with van der Waals surface area (Å²) in [5.41, 5.74) is 2.54. The Morgan fingerprint density at radius 2 is 2.24 bits per heavy atom. The number of hydrogen-bond donors (Lipinski definition) is 1. The van der Waals surface area contributed by atoms with E-state index in [0.717, 1.165) is 19.4 Å². The van der Waals surface area contributed by atoms with Gasteiger partial charge in [0.25, 0.3) is 0 Å². The molecule has 0 saturated carbocycles. The number of benzene rings is 1. The molecule has 5 rings (SSSR count). The van der Waals surface area contributed by atoms with Crippen LogP contribution in [0.2, 0.25) is 0 Å². The van der Waals surface area contributed by atoms with Crippen molar-refractivity contribution >= 4 is 11.6 Å². The number of ether oxygens (including phenoxy) is 1. The molecule has 1 fully saturated rings. The number of alkyl halides is 1. The van der Waals surface area contributed by atoms with Crippen LogP contribution in [0.3, 0.4) is 0 Å². The molecule has 1 aromatic rings. The van der Waals surface area contributed by atoms with Gasteiger partial charge < -0.3 is 14.7 Å². The van der Waals surface area contributed by atoms with Crippen molar-refractivity contribution in [1.82, 2.24) is 4.90 Å². The maximum atomic E-state index is 10.2. The molecular weight excluding hydrogens is 286 g/mol. The lowest BCUT2D eigenvalue weighted by Crippen LogP contribution is -2.65. The zero-order valence-electron chi connectivity index (χ0n) is 11.9. The lowest BCUT2D eigenvalue weighted by Gasteiger charge is -2.57. The van der Waals surface area contributed by atoms with Gasteiger partial charge in [0.2, 0.25) is 0 Å². The van der Waals surface area contributed by atoms with Gasteiger partial charge in [-0.05, 0) is 44.1 Å². The Hall–Kier alpha value is -1.19. The minimum Gasteiger partial charge on any atom is -0.504 e. The van der Waals surface area contributed by atoms with Crippen molar-refractivity contribution in [3.8, 4) is 11.5 Å². The highest BCUT2D eigenvalue weighted by Gasteiger charge is 2.64. The van der Waals surface area contributed by atoms with Gasteiger partial charge in [-0.25, -0.2) is 0 Å². The Kier molecular flexibility index (Phi) is 2.22. The highest BCUT2D eigenvalue weighted by atomic mass is 35.5. The fourth-order valence-electron chi connectivity index (χ4n) is 5.26. The van der Waals surface area contributed by atoms with E-state index in [-0.39, 0.29) is 22.6 Å². The summed E-state index contributed by atoms with van der Waals surface area (Å²) in [6.07, 6.45) is 6.28. The Labute approximate surface area is 129 Å². The number of hydrogen-bond acceptors (Lipinski definition) is 3. The minimum absolute atomic E-state index is 0.0241. The molecule has 0 radical (unpaired) electrons. The molecular formula is C17H18ClNO2. The van der Waals surface area contributed by atoms with Crippen molar-refractivity contribution in [3.63, 3.8) is 0 Å². The summed E-state index contributed by atoms with van der Waals surface area (Å²) in [5, 5.41) is 10.3. The van der Waals surface area contributed by atoms with E-state index in [1.165, 1.54) is 11.1 Å². The smallest absolute Gasteiger partial charge is 0.166 e. The lowest BCUT2D eigenvalue weighted by molar-refractivity contribution is -0.00201. The Morgan fingerprint density at radius 3 is 3.10 bits per heavy atom. The summed E-state index contributed by atoms with van der Waals surface area (Å²) in [6.45, 7) is 1.06. The van der Waals surface area contributed by atoms with E-state index in [9.17, 15) is 5.11 Å². The van der Waals surface area contributed by atoms with Crippen LogP contribution in [-0.2, 0) is 11.8 Å². The average Bonchev–Trinajstić information content (AvgIpc) is 2.81. The average molecular weight is 304 g/mol. The van der Waals surface area contributed by atoms with E-state index in [1.807, 2.05) is 0 Å². The van der Waals surface area contributed by atoms with Crippen molar-refractivity contribution in [2.45, 2.75) is 35.8 Å². The van der Waals surface area contributed by atoms with Crippen LogP contribution in [0.4, 0.5) is 0 Å². The van der Waals surface area contributed by atoms with Crippen LogP contribution in [-0.4, -0.2) is 41.1 Å². The van der Waals surface area contributed by atoms with E-state index < -0.39 is 0 Å². The molecule has 4 heteroatoms. The molecule has 0 amide bonds. The quantitative estimate of drug-likeness (QED) is 0.590. The minimum atomic E-state index is -0.0417. The van der Waals surface area contributed by atoms with Crippen molar-refractivity contribution in [2.75, 3.05) is 13.6 Å². The Balaban J connectivity index is 1.85. The van der Waals surface area contributed by atoms with Gasteiger partial charge in [-0.15, -0.1) is 11.6 Å². The number of phenolic OH excluding ortho intramolecular Hbond substituents is 1.